The molecule has 0 aliphatic heterocycles. The van der Waals surface area contributed by atoms with Gasteiger partial charge >= 0.3 is 5.97 Å². The van der Waals surface area contributed by atoms with Crippen LogP contribution in [0.3, 0.4) is 0 Å². The second-order valence-corrected chi connectivity index (χ2v) is 18.8. The standard InChI is InChI=1S/C49H83N17O13/c1-27(68)40(47(77)65-37(26-67)48(78)79)66-45(75)34(15-6-9-21-52)61-44(74)35(17-18-38(54)69)63-42(72)32(13-4-7-19-50)62-46(76)36(23-28-25-58-30-12-3-2-11-29(28)30)64-43(73)33(14-5-8-20-51)60-41(71)31(59-39(70)24-53)16-10-22-57-49(55)56/h2-3,11-12,25,27,31-37,40,58,67-68H,4-10,13-24,26,50-53H2,1H3,(H2,54,69)(H,59,70)(H,60,71)(H,61,74)(H,62,76)(H,63,72)(H,64,73)(H,65,77)(H,66,75)(H,78,79)(H4,55,56,57)/t27-,31+,32+,33+,34+,35+,36+,37+,40+/m1/s1. The minimum Gasteiger partial charge on any atom is -0.480 e. The molecule has 79 heavy (non-hydrogen) atoms. The molecule has 30 heteroatoms. The summed E-state index contributed by atoms with van der Waals surface area (Å²) < 4.78 is 0. The molecule has 1 aromatic heterocycles. The Kier molecular flexibility index (Phi) is 31.3. The second kappa shape index (κ2) is 36.6. The Bertz CT molecular complexity index is 2350. The molecule has 26 N–H and O–H groups in total. The topological polar surface area (TPSA) is 538 Å². The number of benzene rings is 1. The first kappa shape index (κ1) is 67.6. The third-order valence-electron chi connectivity index (χ3n) is 12.4. The van der Waals surface area contributed by atoms with E-state index in [4.69, 9.17) is 40.1 Å². The minimum absolute atomic E-state index is 0.0461. The summed E-state index contributed by atoms with van der Waals surface area (Å²) in [4.78, 5) is 141. The Morgan fingerprint density at radius 3 is 1.43 bits per heavy atom. The molecule has 0 saturated carbocycles. The molecule has 2 aromatic rings. The molecule has 30 nitrogen and oxygen atoms in total. The molecule has 2 rings (SSSR count). The first-order valence-electron chi connectivity index (χ1n) is 26.2. The maximum absolute atomic E-state index is 14.7. The number of hydrogen-bond donors (Lipinski definition) is 19. The smallest absolute Gasteiger partial charge is 0.328 e. The zero-order valence-corrected chi connectivity index (χ0v) is 44.6. The van der Waals surface area contributed by atoms with Crippen LogP contribution in [0.1, 0.15) is 96.0 Å². The number of rotatable bonds is 40. The van der Waals surface area contributed by atoms with Gasteiger partial charge in [0, 0.05) is 36.5 Å². The number of unbranched alkanes of at least 4 members (excludes halogenated alkanes) is 3. The van der Waals surface area contributed by atoms with E-state index in [1.54, 1.807) is 30.5 Å². The fourth-order valence-corrected chi connectivity index (χ4v) is 8.06. The van der Waals surface area contributed by atoms with Gasteiger partial charge in [-0.1, -0.05) is 18.2 Å². The highest BCUT2D eigenvalue weighted by Gasteiger charge is 2.36. The highest BCUT2D eigenvalue weighted by molar-refractivity contribution is 5.98. The molecular formula is C49H83N17O13. The van der Waals surface area contributed by atoms with Crippen LogP contribution in [0.25, 0.3) is 10.9 Å². The number of carbonyl (C=O) groups excluding carboxylic acids is 9. The van der Waals surface area contributed by atoms with Crippen molar-refractivity contribution in [2.24, 2.45) is 45.1 Å². The molecular weight excluding hydrogens is 1030 g/mol. The van der Waals surface area contributed by atoms with E-state index in [9.17, 15) is 63.3 Å². The van der Waals surface area contributed by atoms with E-state index in [2.05, 4.69) is 47.2 Å². The number of guanidine groups is 1. The Labute approximate surface area is 457 Å². The van der Waals surface area contributed by atoms with Crippen LogP contribution in [0, 0.1) is 0 Å². The molecule has 0 aliphatic rings. The van der Waals surface area contributed by atoms with E-state index < -0.39 is 140 Å². The van der Waals surface area contributed by atoms with E-state index in [0.29, 0.717) is 42.1 Å². The summed E-state index contributed by atoms with van der Waals surface area (Å²) in [5.74, 6) is -9.84. The molecule has 1 aromatic carbocycles. The third-order valence-corrected chi connectivity index (χ3v) is 12.4. The summed E-state index contributed by atoms with van der Waals surface area (Å²) >= 11 is 0. The van der Waals surface area contributed by atoms with Crippen LogP contribution in [0.4, 0.5) is 0 Å². The lowest BCUT2D eigenvalue weighted by atomic mass is 10.0. The van der Waals surface area contributed by atoms with Crippen LogP contribution in [-0.2, 0) is 54.4 Å². The number of nitrogens with zero attached hydrogens (tertiary/aromatic N) is 1. The molecule has 1 heterocycles. The van der Waals surface area contributed by atoms with E-state index in [0.717, 1.165) is 6.92 Å². The SMILES string of the molecule is C[C@@H](O)[C@H](NC(=O)[C@H](CCCCN)NC(=O)[C@H](CCC(N)=O)NC(=O)[C@H](CCCCN)NC(=O)[C@H](Cc1c[nH]c2ccccc12)NC(=O)[C@H](CCCCN)NC(=O)[C@H](CCCN=C(N)N)NC(=O)CN)C(=O)N[C@@H](CO)C(=O)O. The minimum atomic E-state index is -1.78. The van der Waals surface area contributed by atoms with Crippen LogP contribution < -0.4 is 82.7 Å². The Balaban J connectivity index is 2.58. The Morgan fingerprint density at radius 2 is 0.987 bits per heavy atom. The summed E-state index contributed by atoms with van der Waals surface area (Å²) in [6.45, 7) is 0.443. The van der Waals surface area contributed by atoms with E-state index >= 15 is 0 Å². The van der Waals surface area contributed by atoms with Gasteiger partial charge in [0.25, 0.3) is 0 Å². The van der Waals surface area contributed by atoms with Crippen molar-refractivity contribution in [2.75, 3.05) is 39.3 Å². The predicted octanol–water partition coefficient (Wildman–Crippen LogP) is -6.29. The molecule has 0 saturated heterocycles. The number of carboxylic acids is 1. The third kappa shape index (κ3) is 24.8. The van der Waals surface area contributed by atoms with Gasteiger partial charge in [-0.25, -0.2) is 4.79 Å². The molecule has 9 atom stereocenters. The summed E-state index contributed by atoms with van der Waals surface area (Å²) in [7, 11) is 0. The average Bonchev–Trinajstić information content (AvgIpc) is 3.83. The number of primary amides is 1. The number of nitrogens with two attached hydrogens (primary N) is 7. The maximum atomic E-state index is 14.7. The van der Waals surface area contributed by atoms with Crippen molar-refractivity contribution < 1.29 is 63.3 Å². The average molecular weight is 1120 g/mol. The number of hydrogen-bond acceptors (Lipinski definition) is 17. The summed E-state index contributed by atoms with van der Waals surface area (Å²) in [6.07, 6.45) is 1.27. The second-order valence-electron chi connectivity index (χ2n) is 18.8. The number of para-hydroxylation sites is 1. The number of aliphatic hydroxyl groups is 2. The number of nitrogens with one attached hydrogen (secondary N) is 9. The molecule has 9 amide bonds. The van der Waals surface area contributed by atoms with Gasteiger partial charge in [0.1, 0.15) is 48.3 Å². The normalized spacial score (nSPS) is 14.5. The highest BCUT2D eigenvalue weighted by Crippen LogP contribution is 2.20. The lowest BCUT2D eigenvalue weighted by Crippen LogP contribution is -2.61. The molecule has 0 bridgehead atoms. The van der Waals surface area contributed by atoms with Crippen molar-refractivity contribution in [3.63, 3.8) is 0 Å². The van der Waals surface area contributed by atoms with Gasteiger partial charge in [-0.15, -0.1) is 0 Å². The maximum Gasteiger partial charge on any atom is 0.328 e. The number of carboxylic acid groups (broad SMARTS) is 1. The molecule has 0 unspecified atom stereocenters. The Morgan fingerprint density at radius 1 is 0.557 bits per heavy atom. The van der Waals surface area contributed by atoms with E-state index in [-0.39, 0.29) is 83.5 Å². The van der Waals surface area contributed by atoms with Crippen LogP contribution in [0.2, 0.25) is 0 Å². The van der Waals surface area contributed by atoms with Crippen molar-refractivity contribution >= 4 is 76.0 Å². The van der Waals surface area contributed by atoms with Gasteiger partial charge in [-0.3, -0.25) is 48.1 Å². The van der Waals surface area contributed by atoms with E-state index in [1.165, 1.54) is 0 Å². The van der Waals surface area contributed by atoms with Crippen molar-refractivity contribution in [3.05, 3.63) is 36.0 Å². The summed E-state index contributed by atoms with van der Waals surface area (Å²) in [5, 5.41) is 49.9. The lowest BCUT2D eigenvalue weighted by Gasteiger charge is -2.28. The lowest BCUT2D eigenvalue weighted by molar-refractivity contribution is -0.144. The monoisotopic (exact) mass is 1120 g/mol. The molecule has 442 valence electrons. The zero-order chi connectivity index (χ0) is 59.0. The number of amides is 9. The van der Waals surface area contributed by atoms with Gasteiger partial charge in [-0.2, -0.15) is 0 Å². The van der Waals surface area contributed by atoms with Crippen molar-refractivity contribution in [2.45, 2.75) is 151 Å². The number of aliphatic imine (C=N–C) groups is 1. The molecule has 0 spiro atoms. The quantitative estimate of drug-likeness (QED) is 0.0168. The first-order chi connectivity index (χ1) is 37.6. The molecule has 0 aliphatic carbocycles. The molecule has 0 radical (unpaired) electrons. The number of H-pyrrole nitrogens is 1. The number of aromatic amines is 1. The van der Waals surface area contributed by atoms with Crippen LogP contribution in [-0.4, -0.2) is 179 Å². The fraction of sp³-hybridized carbons (Fsp3) is 0.612. The van der Waals surface area contributed by atoms with Crippen LogP contribution in [0.15, 0.2) is 35.5 Å². The predicted molar refractivity (Wildman–Crippen MR) is 290 cm³/mol. The number of aliphatic carboxylic acids is 1. The van der Waals surface area contributed by atoms with Gasteiger partial charge < -0.3 is 103 Å². The van der Waals surface area contributed by atoms with Gasteiger partial charge in [0.05, 0.1) is 19.3 Å². The molecule has 0 fully saturated rings. The number of carbonyl (C=O) groups is 10. The van der Waals surface area contributed by atoms with Gasteiger partial charge in [-0.05, 0) is 115 Å². The first-order valence-corrected chi connectivity index (χ1v) is 26.2. The fourth-order valence-electron chi connectivity index (χ4n) is 8.06. The summed E-state index contributed by atoms with van der Waals surface area (Å²) in [6, 6.07) is -4.80. The van der Waals surface area contributed by atoms with E-state index in [1.807, 2.05) is 5.32 Å². The zero-order valence-electron chi connectivity index (χ0n) is 44.6. The number of aromatic nitrogens is 1. The summed E-state index contributed by atoms with van der Waals surface area (Å²) in [5.41, 5.74) is 40.4. The largest absolute Gasteiger partial charge is 0.480 e. The van der Waals surface area contributed by atoms with Crippen LogP contribution in [0.5, 0.6) is 0 Å². The van der Waals surface area contributed by atoms with Crippen molar-refractivity contribution in [1.29, 1.82) is 0 Å². The number of aliphatic hydroxyl groups excluding tert-OH is 2. The van der Waals surface area contributed by atoms with Crippen molar-refractivity contribution in [1.82, 2.24) is 47.5 Å². The van der Waals surface area contributed by atoms with Gasteiger partial charge in [0.15, 0.2) is 5.96 Å². The van der Waals surface area contributed by atoms with Crippen molar-refractivity contribution in [3.8, 4) is 0 Å². The van der Waals surface area contributed by atoms with Gasteiger partial charge in [0.2, 0.25) is 53.2 Å². The van der Waals surface area contributed by atoms with Crippen LogP contribution >= 0.6 is 0 Å². The number of fused-ring (bicyclic) bond motifs is 1. The highest BCUT2D eigenvalue weighted by atomic mass is 16.4. The Hall–Kier alpha value is -7.51.